The zero-order valence-electron chi connectivity index (χ0n) is 18.7. The molecule has 0 heterocycles. The Bertz CT molecular complexity index is 846. The lowest BCUT2D eigenvalue weighted by molar-refractivity contribution is -0.157. The number of Topliss-reactive ketones (excluding diaryl/α,β-unsaturated/α-hetero) is 1. The largest absolute Gasteiger partial charge is 0.426 e. The molecular formula is C23H31ClN2O6. The van der Waals surface area contributed by atoms with Gasteiger partial charge in [-0.1, -0.05) is 56.5 Å². The van der Waals surface area contributed by atoms with Crippen molar-refractivity contribution in [2.24, 2.45) is 5.92 Å². The summed E-state index contributed by atoms with van der Waals surface area (Å²) in [7, 11) is 0. The van der Waals surface area contributed by atoms with E-state index in [1.807, 2.05) is 19.9 Å². The van der Waals surface area contributed by atoms with Crippen molar-refractivity contribution in [3.8, 4) is 0 Å². The molecule has 8 nitrogen and oxygen atoms in total. The van der Waals surface area contributed by atoms with Crippen molar-refractivity contribution in [1.82, 2.24) is 10.6 Å². The van der Waals surface area contributed by atoms with E-state index in [0.717, 1.165) is 12.8 Å². The third-order valence-electron chi connectivity index (χ3n) is 5.93. The maximum atomic E-state index is 12.9. The van der Waals surface area contributed by atoms with E-state index in [1.54, 1.807) is 18.2 Å². The molecule has 1 aliphatic carbocycles. The predicted molar refractivity (Wildman–Crippen MR) is 119 cm³/mol. The highest BCUT2D eigenvalue weighted by atomic mass is 35.5. The fourth-order valence-electron chi connectivity index (χ4n) is 3.90. The Labute approximate surface area is 193 Å². The minimum Gasteiger partial charge on any atom is -0.426 e. The summed E-state index contributed by atoms with van der Waals surface area (Å²) in [6.07, 6.45) is 2.46. The van der Waals surface area contributed by atoms with Crippen molar-refractivity contribution in [3.05, 3.63) is 34.9 Å². The maximum Gasteiger partial charge on any atom is 0.410 e. The van der Waals surface area contributed by atoms with Gasteiger partial charge in [0.2, 0.25) is 12.7 Å². The summed E-state index contributed by atoms with van der Waals surface area (Å²) >= 11 is 6.37. The van der Waals surface area contributed by atoms with E-state index in [4.69, 9.17) is 21.1 Å². The van der Waals surface area contributed by atoms with Crippen LogP contribution >= 0.6 is 11.6 Å². The van der Waals surface area contributed by atoms with Gasteiger partial charge in [0.25, 0.3) is 0 Å². The Morgan fingerprint density at radius 2 is 1.91 bits per heavy atom. The summed E-state index contributed by atoms with van der Waals surface area (Å²) in [5.74, 6) is -1.16. The first-order valence-corrected chi connectivity index (χ1v) is 11.2. The van der Waals surface area contributed by atoms with Crippen LogP contribution < -0.4 is 10.6 Å². The second kappa shape index (κ2) is 11.9. The van der Waals surface area contributed by atoms with Crippen LogP contribution in [0.1, 0.15) is 58.4 Å². The molecule has 32 heavy (non-hydrogen) atoms. The number of carbonyl (C=O) groups excluding carboxylic acids is 4. The number of esters is 1. The zero-order chi connectivity index (χ0) is 23.7. The van der Waals surface area contributed by atoms with E-state index in [2.05, 4.69) is 10.6 Å². The summed E-state index contributed by atoms with van der Waals surface area (Å²) in [5.41, 5.74) is -0.232. The van der Waals surface area contributed by atoms with Crippen LogP contribution in [0.25, 0.3) is 0 Å². The van der Waals surface area contributed by atoms with Crippen LogP contribution in [0.2, 0.25) is 5.02 Å². The van der Waals surface area contributed by atoms with Crippen LogP contribution in [-0.2, 0) is 29.3 Å². The number of amides is 2. The SMILES string of the molecule is CC[C@@H](C)[C@H](NC(C)=O)C(=O)OCOC(=O)NCC1(c2ccccc2Cl)CCCCC1=O. The first-order chi connectivity index (χ1) is 15.2. The Balaban J connectivity index is 1.95. The third kappa shape index (κ3) is 6.45. The monoisotopic (exact) mass is 466 g/mol. The predicted octanol–water partition coefficient (Wildman–Crippen LogP) is 3.50. The van der Waals surface area contributed by atoms with E-state index in [0.29, 0.717) is 29.8 Å². The first kappa shape index (κ1) is 25.6. The van der Waals surface area contributed by atoms with Crippen LogP contribution in [0.4, 0.5) is 4.79 Å². The Morgan fingerprint density at radius 3 is 2.53 bits per heavy atom. The van der Waals surface area contributed by atoms with Crippen molar-refractivity contribution in [1.29, 1.82) is 0 Å². The van der Waals surface area contributed by atoms with Gasteiger partial charge in [-0.2, -0.15) is 0 Å². The molecule has 1 unspecified atom stereocenters. The molecule has 0 saturated heterocycles. The van der Waals surface area contributed by atoms with Gasteiger partial charge in [-0.15, -0.1) is 0 Å². The molecule has 1 fully saturated rings. The summed E-state index contributed by atoms with van der Waals surface area (Å²) in [6, 6.07) is 6.30. The van der Waals surface area contributed by atoms with Gasteiger partial charge in [-0.25, -0.2) is 9.59 Å². The number of hydrogen-bond donors (Lipinski definition) is 2. The van der Waals surface area contributed by atoms with Crippen molar-refractivity contribution >= 4 is 35.4 Å². The van der Waals surface area contributed by atoms with Crippen molar-refractivity contribution < 1.29 is 28.7 Å². The van der Waals surface area contributed by atoms with Gasteiger partial charge in [0, 0.05) is 24.9 Å². The highest BCUT2D eigenvalue weighted by Crippen LogP contribution is 2.39. The molecule has 0 radical (unpaired) electrons. The van der Waals surface area contributed by atoms with Crippen LogP contribution in [0.3, 0.4) is 0 Å². The molecular weight excluding hydrogens is 436 g/mol. The first-order valence-electron chi connectivity index (χ1n) is 10.8. The minimum atomic E-state index is -0.917. The molecule has 2 rings (SSSR count). The molecule has 1 aromatic rings. The van der Waals surface area contributed by atoms with Crippen molar-refractivity contribution in [2.75, 3.05) is 13.3 Å². The minimum absolute atomic E-state index is 0.0234. The van der Waals surface area contributed by atoms with Gasteiger partial charge >= 0.3 is 12.1 Å². The summed E-state index contributed by atoms with van der Waals surface area (Å²) in [5, 5.41) is 5.64. The van der Waals surface area contributed by atoms with Crippen LogP contribution in [0.5, 0.6) is 0 Å². The molecule has 0 spiro atoms. The van der Waals surface area contributed by atoms with Gasteiger partial charge in [0.1, 0.15) is 11.8 Å². The van der Waals surface area contributed by atoms with Crippen molar-refractivity contribution in [3.63, 3.8) is 0 Å². The van der Waals surface area contributed by atoms with Crippen LogP contribution in [-0.4, -0.2) is 43.1 Å². The maximum absolute atomic E-state index is 12.9. The van der Waals surface area contributed by atoms with E-state index in [9.17, 15) is 19.2 Å². The van der Waals surface area contributed by atoms with Crippen LogP contribution in [0.15, 0.2) is 24.3 Å². The molecule has 0 bridgehead atoms. The molecule has 1 saturated carbocycles. The lowest BCUT2D eigenvalue weighted by atomic mass is 9.68. The Morgan fingerprint density at radius 1 is 1.19 bits per heavy atom. The highest BCUT2D eigenvalue weighted by Gasteiger charge is 2.43. The number of ketones is 1. The molecule has 0 aromatic heterocycles. The summed E-state index contributed by atoms with van der Waals surface area (Å²) in [4.78, 5) is 48.7. The van der Waals surface area contributed by atoms with E-state index in [1.165, 1.54) is 6.92 Å². The van der Waals surface area contributed by atoms with Gasteiger partial charge in [0.15, 0.2) is 0 Å². The fourth-order valence-corrected chi connectivity index (χ4v) is 4.22. The number of halogens is 1. The normalized spacial score (nSPS) is 20.1. The quantitative estimate of drug-likeness (QED) is 0.425. The number of ether oxygens (including phenoxy) is 2. The molecule has 176 valence electrons. The number of benzene rings is 1. The Kier molecular flexibility index (Phi) is 9.50. The number of rotatable bonds is 9. The van der Waals surface area contributed by atoms with Crippen molar-refractivity contribution in [2.45, 2.75) is 64.3 Å². The molecule has 0 aliphatic heterocycles. The zero-order valence-corrected chi connectivity index (χ0v) is 19.5. The molecule has 1 aliphatic rings. The van der Waals surface area contributed by atoms with E-state index >= 15 is 0 Å². The Hall–Kier alpha value is -2.61. The lowest BCUT2D eigenvalue weighted by Gasteiger charge is -2.36. The smallest absolute Gasteiger partial charge is 0.410 e. The van der Waals surface area contributed by atoms with Gasteiger partial charge in [-0.05, 0) is 30.4 Å². The number of alkyl carbamates (subject to hydrolysis) is 1. The van der Waals surface area contributed by atoms with E-state index in [-0.39, 0.29) is 24.2 Å². The van der Waals surface area contributed by atoms with Gasteiger partial charge < -0.3 is 20.1 Å². The lowest BCUT2D eigenvalue weighted by Crippen LogP contribution is -2.48. The third-order valence-corrected chi connectivity index (χ3v) is 6.26. The van der Waals surface area contributed by atoms with E-state index < -0.39 is 30.3 Å². The topological polar surface area (TPSA) is 111 Å². The molecule has 2 N–H and O–H groups in total. The fraction of sp³-hybridized carbons (Fsp3) is 0.565. The molecule has 9 heteroatoms. The number of hydrogen-bond acceptors (Lipinski definition) is 6. The molecule has 2 amide bonds. The second-order valence-corrected chi connectivity index (χ2v) is 8.53. The van der Waals surface area contributed by atoms with Gasteiger partial charge in [0.05, 0.1) is 5.41 Å². The second-order valence-electron chi connectivity index (χ2n) is 8.12. The molecule has 3 atom stereocenters. The standard InChI is InChI=1S/C23H31ClN2O6/c1-4-15(2)20(26-16(3)27)21(29)31-14-32-22(30)25-13-23(12-8-7-11-19(23)28)17-9-5-6-10-18(17)24/h5-6,9-10,15,20H,4,7-8,11-14H2,1-3H3,(H,25,30)(H,26,27)/t15-,20+,23?/m1/s1. The summed E-state index contributed by atoms with van der Waals surface area (Å²) in [6.45, 7) is 4.44. The average Bonchev–Trinajstić information content (AvgIpc) is 2.77. The number of carbonyl (C=O) groups is 4. The summed E-state index contributed by atoms with van der Waals surface area (Å²) < 4.78 is 9.98. The highest BCUT2D eigenvalue weighted by molar-refractivity contribution is 6.31. The average molecular weight is 467 g/mol. The van der Waals surface area contributed by atoms with Gasteiger partial charge in [-0.3, -0.25) is 9.59 Å². The molecule has 1 aromatic carbocycles. The number of nitrogens with one attached hydrogen (secondary N) is 2. The van der Waals surface area contributed by atoms with Crippen LogP contribution in [0, 0.1) is 5.92 Å².